The zero-order valence-electron chi connectivity index (χ0n) is 7.27. The fourth-order valence-electron chi connectivity index (χ4n) is 1.11. The average Bonchev–Trinajstić information content (AvgIpc) is 2.56. The van der Waals surface area contributed by atoms with E-state index < -0.39 is 0 Å². The van der Waals surface area contributed by atoms with Gasteiger partial charge in [0.05, 0.1) is 6.42 Å². The van der Waals surface area contributed by atoms with E-state index in [2.05, 4.69) is 26.1 Å². The van der Waals surface area contributed by atoms with Crippen LogP contribution in [0.2, 0.25) is 0 Å². The van der Waals surface area contributed by atoms with Gasteiger partial charge in [0, 0.05) is 4.47 Å². The summed E-state index contributed by atoms with van der Waals surface area (Å²) in [6.45, 7) is 0. The third kappa shape index (κ3) is 2.11. The predicted octanol–water partition coefficient (Wildman–Crippen LogP) is 2.01. The normalized spacial score (nSPS) is 10.4. The van der Waals surface area contributed by atoms with Gasteiger partial charge < -0.3 is 10.2 Å². The molecule has 5 heteroatoms. The second kappa shape index (κ2) is 3.79. The smallest absolute Gasteiger partial charge is 0.312 e. The van der Waals surface area contributed by atoms with Crippen molar-refractivity contribution in [3.05, 3.63) is 40.2 Å². The van der Waals surface area contributed by atoms with Gasteiger partial charge in [0.2, 0.25) is 5.89 Å². The summed E-state index contributed by atoms with van der Waals surface area (Å²) in [4.78, 5) is 0. The van der Waals surface area contributed by atoms with Gasteiger partial charge in [-0.2, -0.15) is 0 Å². The summed E-state index contributed by atoms with van der Waals surface area (Å²) in [6.07, 6.45) is 0.609. The topological polar surface area (TPSA) is 64.9 Å². The summed E-state index contributed by atoms with van der Waals surface area (Å²) in [5.74, 6) is 0.532. The molecule has 0 saturated heterocycles. The molecule has 2 N–H and O–H groups in total. The van der Waals surface area contributed by atoms with Crippen molar-refractivity contribution in [3.63, 3.8) is 0 Å². The van der Waals surface area contributed by atoms with Crippen molar-refractivity contribution in [1.29, 1.82) is 0 Å². The number of benzene rings is 1. The summed E-state index contributed by atoms with van der Waals surface area (Å²) in [6, 6.07) is 8.02. The third-order valence-corrected chi connectivity index (χ3v) is 2.28. The highest BCUT2D eigenvalue weighted by atomic mass is 79.9. The molecule has 0 amide bonds. The van der Waals surface area contributed by atoms with E-state index in [-0.39, 0.29) is 6.01 Å². The second-order valence-electron chi connectivity index (χ2n) is 2.84. The Hall–Kier alpha value is -1.36. The highest BCUT2D eigenvalue weighted by molar-refractivity contribution is 9.10. The lowest BCUT2D eigenvalue weighted by Crippen LogP contribution is -1.87. The van der Waals surface area contributed by atoms with E-state index in [0.717, 1.165) is 10.0 Å². The Morgan fingerprint density at radius 2 is 1.93 bits per heavy atom. The number of hydrogen-bond donors (Lipinski definition) is 1. The molecule has 0 unspecified atom stereocenters. The van der Waals surface area contributed by atoms with Crippen LogP contribution in [0.25, 0.3) is 0 Å². The van der Waals surface area contributed by atoms with Gasteiger partial charge in [-0.15, -0.1) is 5.10 Å². The summed E-state index contributed by atoms with van der Waals surface area (Å²) in [5.41, 5.74) is 6.42. The first-order valence-electron chi connectivity index (χ1n) is 4.06. The minimum atomic E-state index is 0.108. The Kier molecular flexibility index (Phi) is 2.49. The molecule has 4 nitrogen and oxygen atoms in total. The van der Waals surface area contributed by atoms with E-state index in [9.17, 15) is 0 Å². The van der Waals surface area contributed by atoms with Crippen LogP contribution in [0.3, 0.4) is 0 Å². The first-order valence-corrected chi connectivity index (χ1v) is 4.85. The Labute approximate surface area is 89.3 Å². The van der Waals surface area contributed by atoms with Crippen LogP contribution >= 0.6 is 15.9 Å². The molecule has 0 atom stereocenters. The maximum Gasteiger partial charge on any atom is 0.312 e. The molecule has 72 valence electrons. The van der Waals surface area contributed by atoms with Gasteiger partial charge in [0.25, 0.3) is 0 Å². The van der Waals surface area contributed by atoms with Crippen LogP contribution in [0.4, 0.5) is 6.01 Å². The van der Waals surface area contributed by atoms with Crippen LogP contribution in [0.5, 0.6) is 0 Å². The molecule has 2 rings (SSSR count). The number of anilines is 1. The highest BCUT2D eigenvalue weighted by Crippen LogP contribution is 2.13. The van der Waals surface area contributed by atoms with E-state index >= 15 is 0 Å². The van der Waals surface area contributed by atoms with E-state index in [0.29, 0.717) is 12.3 Å². The molecule has 0 aliphatic rings. The standard InChI is InChI=1S/C9H8BrN3O/c10-7-3-1-6(2-4-7)5-8-12-13-9(11)14-8/h1-4H,5H2,(H2,11,13). The molecule has 0 aliphatic carbocycles. The fraction of sp³-hybridized carbons (Fsp3) is 0.111. The summed E-state index contributed by atoms with van der Waals surface area (Å²) < 4.78 is 6.11. The van der Waals surface area contributed by atoms with E-state index in [1.165, 1.54) is 0 Å². The van der Waals surface area contributed by atoms with Gasteiger partial charge in [0.1, 0.15) is 0 Å². The second-order valence-corrected chi connectivity index (χ2v) is 3.75. The van der Waals surface area contributed by atoms with Crippen LogP contribution in [-0.2, 0) is 6.42 Å². The molecule has 0 aliphatic heterocycles. The molecule has 0 saturated carbocycles. The molecule has 14 heavy (non-hydrogen) atoms. The van der Waals surface area contributed by atoms with Gasteiger partial charge in [0.15, 0.2) is 0 Å². The Morgan fingerprint density at radius 3 is 2.50 bits per heavy atom. The molecule has 2 aromatic rings. The van der Waals surface area contributed by atoms with Crippen LogP contribution in [0, 0.1) is 0 Å². The lowest BCUT2D eigenvalue weighted by atomic mass is 10.2. The molecule has 0 fully saturated rings. The molecule has 1 heterocycles. The minimum absolute atomic E-state index is 0.108. The maximum absolute atomic E-state index is 5.31. The molecule has 0 bridgehead atoms. The molecule has 1 aromatic carbocycles. The van der Waals surface area contributed by atoms with Crippen molar-refractivity contribution in [2.45, 2.75) is 6.42 Å². The van der Waals surface area contributed by atoms with E-state index in [4.69, 9.17) is 10.2 Å². The molecule has 0 spiro atoms. The maximum atomic E-state index is 5.31. The minimum Gasteiger partial charge on any atom is -0.408 e. The highest BCUT2D eigenvalue weighted by Gasteiger charge is 2.03. The lowest BCUT2D eigenvalue weighted by molar-refractivity contribution is 0.522. The zero-order valence-corrected chi connectivity index (χ0v) is 8.86. The van der Waals surface area contributed by atoms with Crippen LogP contribution in [0.15, 0.2) is 33.2 Å². The first kappa shape index (κ1) is 9.21. The van der Waals surface area contributed by atoms with Crippen molar-refractivity contribution in [3.8, 4) is 0 Å². The van der Waals surface area contributed by atoms with Crippen molar-refractivity contribution in [2.24, 2.45) is 0 Å². The Bertz CT molecular complexity index is 424. The number of nitrogen functional groups attached to an aromatic ring is 1. The SMILES string of the molecule is Nc1nnc(Cc2ccc(Br)cc2)o1. The van der Waals surface area contributed by atoms with Gasteiger partial charge in [-0.1, -0.05) is 33.2 Å². The largest absolute Gasteiger partial charge is 0.408 e. The van der Waals surface area contributed by atoms with Gasteiger partial charge in [-0.3, -0.25) is 0 Å². The number of halogens is 1. The lowest BCUT2D eigenvalue weighted by Gasteiger charge is -1.96. The summed E-state index contributed by atoms with van der Waals surface area (Å²) in [7, 11) is 0. The fourth-order valence-corrected chi connectivity index (χ4v) is 1.38. The monoisotopic (exact) mass is 253 g/mol. The average molecular weight is 254 g/mol. The van der Waals surface area contributed by atoms with Gasteiger partial charge >= 0.3 is 6.01 Å². The number of rotatable bonds is 2. The van der Waals surface area contributed by atoms with Gasteiger partial charge in [-0.05, 0) is 17.7 Å². The first-order chi connectivity index (χ1) is 6.74. The van der Waals surface area contributed by atoms with Crippen molar-refractivity contribution in [1.82, 2.24) is 10.2 Å². The Balaban J connectivity index is 2.15. The van der Waals surface area contributed by atoms with Crippen LogP contribution < -0.4 is 5.73 Å². The molecule has 0 radical (unpaired) electrons. The number of aromatic nitrogens is 2. The van der Waals surface area contributed by atoms with Crippen LogP contribution in [-0.4, -0.2) is 10.2 Å². The van der Waals surface area contributed by atoms with E-state index in [1.54, 1.807) is 0 Å². The van der Waals surface area contributed by atoms with Crippen molar-refractivity contribution < 1.29 is 4.42 Å². The Morgan fingerprint density at radius 1 is 1.21 bits per heavy atom. The van der Waals surface area contributed by atoms with Crippen molar-refractivity contribution >= 4 is 21.9 Å². The summed E-state index contributed by atoms with van der Waals surface area (Å²) >= 11 is 3.36. The molecular formula is C9H8BrN3O. The zero-order chi connectivity index (χ0) is 9.97. The number of nitrogens with two attached hydrogens (primary N) is 1. The van der Waals surface area contributed by atoms with Crippen molar-refractivity contribution in [2.75, 3.05) is 5.73 Å². The predicted molar refractivity (Wildman–Crippen MR) is 55.7 cm³/mol. The number of hydrogen-bond acceptors (Lipinski definition) is 4. The van der Waals surface area contributed by atoms with Crippen LogP contribution in [0.1, 0.15) is 11.5 Å². The molecular weight excluding hydrogens is 246 g/mol. The quantitative estimate of drug-likeness (QED) is 0.890. The number of nitrogens with zero attached hydrogens (tertiary/aromatic N) is 2. The third-order valence-electron chi connectivity index (χ3n) is 1.75. The van der Waals surface area contributed by atoms with Gasteiger partial charge in [-0.25, -0.2) is 0 Å². The molecule has 1 aromatic heterocycles. The summed E-state index contributed by atoms with van der Waals surface area (Å²) in [5, 5.41) is 7.36. The van der Waals surface area contributed by atoms with E-state index in [1.807, 2.05) is 24.3 Å².